The molecule has 10 heteroatoms. The molecule has 37 heavy (non-hydrogen) atoms. The van der Waals surface area contributed by atoms with Crippen molar-refractivity contribution in [3.8, 4) is 5.75 Å². The van der Waals surface area contributed by atoms with E-state index in [-0.39, 0.29) is 24.2 Å². The quantitative estimate of drug-likeness (QED) is 0.144. The van der Waals surface area contributed by atoms with Gasteiger partial charge in [-0.15, -0.1) is 0 Å². The minimum atomic E-state index is -3.33. The van der Waals surface area contributed by atoms with Gasteiger partial charge in [0.25, 0.3) is 0 Å². The molecular formula is C27H37F3N3O3P. The maximum atomic E-state index is 12.9. The number of hydrogen-bond acceptors (Lipinski definition) is 6. The van der Waals surface area contributed by atoms with Crippen molar-refractivity contribution < 1.29 is 27.8 Å². The topological polar surface area (TPSA) is 95.3 Å². The van der Waals surface area contributed by atoms with Gasteiger partial charge in [0.05, 0.1) is 0 Å². The van der Waals surface area contributed by atoms with Gasteiger partial charge in [0.1, 0.15) is 11.6 Å². The van der Waals surface area contributed by atoms with Crippen LogP contribution in [0, 0.1) is 17.2 Å². The monoisotopic (exact) mass is 539 g/mol. The molecule has 0 fully saturated rings. The second-order valence-corrected chi connectivity index (χ2v) is 9.16. The second kappa shape index (κ2) is 15.5. The predicted molar refractivity (Wildman–Crippen MR) is 146 cm³/mol. The molecule has 1 heterocycles. The average molecular weight is 540 g/mol. The SMILES string of the molecule is C=C(F)C(=O)C(C)CC.CCC(CC)C(=N)c1c(CCO)ccnc1Nc1ccc(OC(F)(F)P)cc1. The fourth-order valence-corrected chi connectivity index (χ4v) is 3.62. The van der Waals surface area contributed by atoms with Crippen molar-refractivity contribution in [2.45, 2.75) is 59.2 Å². The molecule has 1 aromatic carbocycles. The average Bonchev–Trinajstić information content (AvgIpc) is 2.84. The Hall–Kier alpha value is -2.77. The number of pyridine rings is 1. The van der Waals surface area contributed by atoms with Gasteiger partial charge >= 0.3 is 5.85 Å². The first-order valence-corrected chi connectivity index (χ1v) is 12.7. The van der Waals surface area contributed by atoms with Crippen molar-refractivity contribution in [3.63, 3.8) is 0 Å². The van der Waals surface area contributed by atoms with Crippen LogP contribution in [-0.2, 0) is 11.2 Å². The highest BCUT2D eigenvalue weighted by atomic mass is 31.0. The summed E-state index contributed by atoms with van der Waals surface area (Å²) >= 11 is 0. The smallest absolute Gasteiger partial charge is 0.408 e. The first-order valence-electron chi connectivity index (χ1n) is 12.2. The lowest BCUT2D eigenvalue weighted by molar-refractivity contribution is -0.120. The van der Waals surface area contributed by atoms with Crippen LogP contribution in [0.2, 0.25) is 0 Å². The molecule has 6 nitrogen and oxygen atoms in total. The van der Waals surface area contributed by atoms with Crippen LogP contribution in [-0.4, -0.2) is 34.0 Å². The summed E-state index contributed by atoms with van der Waals surface area (Å²) in [7, 11) is 1.33. The number of carbonyl (C=O) groups excluding carboxylic acids is 1. The Morgan fingerprint density at radius 2 is 1.78 bits per heavy atom. The normalized spacial score (nSPS) is 11.8. The van der Waals surface area contributed by atoms with Gasteiger partial charge in [-0.1, -0.05) is 34.3 Å². The molecule has 0 amide bonds. The van der Waals surface area contributed by atoms with Crippen molar-refractivity contribution >= 4 is 32.2 Å². The summed E-state index contributed by atoms with van der Waals surface area (Å²) in [4.78, 5) is 15.0. The maximum absolute atomic E-state index is 12.9. The molecular weight excluding hydrogens is 502 g/mol. The molecule has 0 spiro atoms. The molecule has 0 radical (unpaired) electrons. The number of carbonyl (C=O) groups is 1. The largest absolute Gasteiger partial charge is 0.430 e. The van der Waals surface area contributed by atoms with Crippen LogP contribution >= 0.6 is 9.24 Å². The third-order valence-corrected chi connectivity index (χ3v) is 5.90. The Bertz CT molecular complexity index is 1040. The molecule has 0 saturated carbocycles. The van der Waals surface area contributed by atoms with Crippen LogP contribution < -0.4 is 10.1 Å². The van der Waals surface area contributed by atoms with Crippen molar-refractivity contribution in [1.82, 2.24) is 4.98 Å². The van der Waals surface area contributed by atoms with E-state index in [9.17, 15) is 23.1 Å². The van der Waals surface area contributed by atoms with Crippen molar-refractivity contribution in [2.75, 3.05) is 11.9 Å². The lowest BCUT2D eigenvalue weighted by Crippen LogP contribution is -2.18. The number of nitrogens with one attached hydrogen (secondary N) is 2. The fourth-order valence-electron chi connectivity index (χ4n) is 3.48. The molecule has 0 aliphatic heterocycles. The van der Waals surface area contributed by atoms with Gasteiger partial charge in [-0.2, -0.15) is 8.78 Å². The van der Waals surface area contributed by atoms with E-state index in [1.807, 2.05) is 26.8 Å². The van der Waals surface area contributed by atoms with E-state index >= 15 is 0 Å². The number of hydrogen-bond donors (Lipinski definition) is 3. The highest BCUT2D eigenvalue weighted by Gasteiger charge is 2.23. The van der Waals surface area contributed by atoms with Gasteiger partial charge in [-0.25, -0.2) is 9.37 Å². The first kappa shape index (κ1) is 32.3. The molecule has 0 saturated heterocycles. The zero-order chi connectivity index (χ0) is 28.2. The zero-order valence-corrected chi connectivity index (χ0v) is 22.9. The molecule has 204 valence electrons. The molecule has 0 bridgehead atoms. The molecule has 3 N–H and O–H groups in total. The van der Waals surface area contributed by atoms with E-state index in [1.54, 1.807) is 25.3 Å². The molecule has 2 unspecified atom stereocenters. The van der Waals surface area contributed by atoms with Crippen LogP contribution in [0.15, 0.2) is 48.9 Å². The van der Waals surface area contributed by atoms with Gasteiger partial charge in [0.2, 0.25) is 0 Å². The minimum absolute atomic E-state index is 0.0259. The molecule has 1 aromatic heterocycles. The Balaban J connectivity index is 0.000000649. The van der Waals surface area contributed by atoms with Gasteiger partial charge < -0.3 is 20.6 Å². The summed E-state index contributed by atoms with van der Waals surface area (Å²) in [5.41, 5.74) is 2.64. The lowest BCUT2D eigenvalue weighted by atomic mass is 9.89. The number of halogens is 3. The summed E-state index contributed by atoms with van der Waals surface area (Å²) < 4.78 is 42.3. The number of aromatic nitrogens is 1. The highest BCUT2D eigenvalue weighted by Crippen LogP contribution is 2.30. The molecule has 0 aliphatic rings. The van der Waals surface area contributed by atoms with Crippen LogP contribution in [0.4, 0.5) is 24.7 Å². The Kier molecular flexibility index (Phi) is 13.5. The van der Waals surface area contributed by atoms with E-state index in [2.05, 4.69) is 21.6 Å². The van der Waals surface area contributed by atoms with E-state index in [4.69, 9.17) is 5.41 Å². The number of Topliss-reactive ketones (excluding diaryl/α,β-unsaturated/α-hetero) is 1. The summed E-state index contributed by atoms with van der Waals surface area (Å²) in [6, 6.07) is 7.90. The van der Waals surface area contributed by atoms with Gasteiger partial charge in [-0.3, -0.25) is 4.79 Å². The van der Waals surface area contributed by atoms with Gasteiger partial charge in [0, 0.05) is 41.6 Å². The molecule has 2 aromatic rings. The van der Waals surface area contributed by atoms with Crippen molar-refractivity contribution in [1.29, 1.82) is 5.41 Å². The number of nitrogens with zero attached hydrogens (tertiary/aromatic N) is 1. The predicted octanol–water partition coefficient (Wildman–Crippen LogP) is 7.05. The molecule has 0 aliphatic carbocycles. The van der Waals surface area contributed by atoms with E-state index in [1.165, 1.54) is 21.4 Å². The lowest BCUT2D eigenvalue weighted by Gasteiger charge is -2.20. The zero-order valence-electron chi connectivity index (χ0n) is 21.8. The molecule has 2 atom stereocenters. The Morgan fingerprint density at radius 3 is 2.22 bits per heavy atom. The van der Waals surface area contributed by atoms with Crippen LogP contribution in [0.25, 0.3) is 0 Å². The summed E-state index contributed by atoms with van der Waals surface area (Å²) in [5, 5.41) is 21.2. The third-order valence-electron chi connectivity index (χ3n) is 5.78. The number of ketones is 1. The minimum Gasteiger partial charge on any atom is -0.430 e. The summed E-state index contributed by atoms with van der Waals surface area (Å²) in [6.45, 7) is 10.5. The van der Waals surface area contributed by atoms with E-state index < -0.39 is 17.5 Å². The Morgan fingerprint density at radius 1 is 1.19 bits per heavy atom. The number of aliphatic hydroxyl groups is 1. The standard InChI is InChI=1S/C20H26F2N3O2P.C7H11FO/c1-3-13(4-2)18(23)17-14(10-12-26)9-11-24-19(17)25-15-5-7-16(8-6-15)27-20(21,22)28;1-4-5(2)7(9)6(3)8/h5-9,11,13,23,26H,3-4,10,12,28H2,1-2H3,(H,24,25);5H,3-4H2,1-2H3. The number of rotatable bonds is 13. The van der Waals surface area contributed by atoms with E-state index in [0.29, 0.717) is 35.6 Å². The maximum Gasteiger partial charge on any atom is 0.408 e. The number of benzene rings is 1. The van der Waals surface area contributed by atoms with Crippen LogP contribution in [0.3, 0.4) is 0 Å². The Labute approximate surface area is 219 Å². The van der Waals surface area contributed by atoms with Crippen molar-refractivity contribution in [2.24, 2.45) is 11.8 Å². The number of anilines is 2. The van der Waals surface area contributed by atoms with Crippen LogP contribution in [0.1, 0.15) is 58.1 Å². The number of ether oxygens (including phenoxy) is 1. The number of aliphatic hydroxyl groups excluding tert-OH is 1. The second-order valence-electron chi connectivity index (χ2n) is 8.49. The van der Waals surface area contributed by atoms with Crippen molar-refractivity contribution in [3.05, 3.63) is 60.1 Å². The van der Waals surface area contributed by atoms with E-state index in [0.717, 1.165) is 18.4 Å². The number of alkyl halides is 2. The first-order chi connectivity index (χ1) is 17.4. The van der Waals surface area contributed by atoms with Gasteiger partial charge in [-0.05, 0) is 70.8 Å². The van der Waals surface area contributed by atoms with Crippen LogP contribution in [0.5, 0.6) is 5.75 Å². The summed E-state index contributed by atoms with van der Waals surface area (Å²) in [5.74, 6) is -4.22. The van der Waals surface area contributed by atoms with Gasteiger partial charge in [0.15, 0.2) is 11.6 Å². The highest BCUT2D eigenvalue weighted by molar-refractivity contribution is 7.17. The molecule has 2 rings (SSSR count). The number of allylic oxidation sites excluding steroid dienone is 1. The summed E-state index contributed by atoms with van der Waals surface area (Å²) in [6.07, 6.45) is 4.38. The fraction of sp³-hybridized carbons (Fsp3) is 0.444. The third kappa shape index (κ3) is 10.6.